The Kier molecular flexibility index (Phi) is 6.45. The number of hydrogen-bond acceptors (Lipinski definition) is 3. The predicted octanol–water partition coefficient (Wildman–Crippen LogP) is 5.31. The molecule has 0 aliphatic carbocycles. The van der Waals surface area contributed by atoms with Crippen LogP contribution in [0.1, 0.15) is 11.1 Å². The van der Waals surface area contributed by atoms with E-state index in [9.17, 15) is 26.6 Å². The van der Waals surface area contributed by atoms with Crippen LogP contribution in [0.4, 0.5) is 17.6 Å². The van der Waals surface area contributed by atoms with Crippen molar-refractivity contribution in [1.82, 2.24) is 0 Å². The van der Waals surface area contributed by atoms with Gasteiger partial charge < -0.3 is 9.84 Å². The zero-order chi connectivity index (χ0) is 22.8. The molecule has 0 heterocycles. The Bertz CT molecular complexity index is 1160. The third kappa shape index (κ3) is 5.29. The topological polar surface area (TPSA) is 63.6 Å². The molecule has 0 spiro atoms. The summed E-state index contributed by atoms with van der Waals surface area (Å²) in [4.78, 5) is 11.6. The van der Waals surface area contributed by atoms with Crippen molar-refractivity contribution in [2.75, 3.05) is 7.11 Å². The van der Waals surface area contributed by atoms with E-state index in [-0.39, 0.29) is 27.3 Å². The normalized spacial score (nSPS) is 12.4. The summed E-state index contributed by atoms with van der Waals surface area (Å²) >= 11 is 0. The SMILES string of the molecule is COc1cc(CC(=O)O)cc(S(=O)c2cccc(-c3ccc(C(F)(F)F)cc3F)c2)c1. The van der Waals surface area contributed by atoms with E-state index >= 15 is 0 Å². The van der Waals surface area contributed by atoms with Crippen molar-refractivity contribution in [2.24, 2.45) is 0 Å². The van der Waals surface area contributed by atoms with Crippen LogP contribution in [-0.4, -0.2) is 22.4 Å². The van der Waals surface area contributed by atoms with Gasteiger partial charge in [-0.15, -0.1) is 0 Å². The number of hydrogen-bond donors (Lipinski definition) is 1. The molecule has 1 atom stereocenters. The van der Waals surface area contributed by atoms with Crippen molar-refractivity contribution in [1.29, 1.82) is 0 Å². The highest BCUT2D eigenvalue weighted by atomic mass is 32.2. The van der Waals surface area contributed by atoms with Crippen molar-refractivity contribution in [3.63, 3.8) is 0 Å². The van der Waals surface area contributed by atoms with Crippen molar-refractivity contribution in [3.05, 3.63) is 77.6 Å². The van der Waals surface area contributed by atoms with E-state index in [2.05, 4.69) is 0 Å². The van der Waals surface area contributed by atoms with Gasteiger partial charge in [-0.2, -0.15) is 13.2 Å². The number of aliphatic carboxylic acids is 1. The molecule has 0 radical (unpaired) electrons. The van der Waals surface area contributed by atoms with Gasteiger partial charge in [-0.1, -0.05) is 18.2 Å². The molecule has 1 N–H and O–H groups in total. The van der Waals surface area contributed by atoms with Crippen LogP contribution in [0, 0.1) is 5.82 Å². The molecule has 0 amide bonds. The first kappa shape index (κ1) is 22.5. The molecule has 1 unspecified atom stereocenters. The molecule has 4 nitrogen and oxygen atoms in total. The summed E-state index contributed by atoms with van der Waals surface area (Å²) in [6.45, 7) is 0. The molecule has 9 heteroatoms. The number of carbonyl (C=O) groups is 1. The first-order valence-corrected chi connectivity index (χ1v) is 10.0. The van der Waals surface area contributed by atoms with Gasteiger partial charge in [0.2, 0.25) is 0 Å². The molecular formula is C22H16F4O4S. The number of alkyl halides is 3. The molecule has 0 saturated heterocycles. The van der Waals surface area contributed by atoms with Crippen molar-refractivity contribution < 1.29 is 36.4 Å². The zero-order valence-corrected chi connectivity index (χ0v) is 16.9. The lowest BCUT2D eigenvalue weighted by Gasteiger charge is -2.11. The molecule has 162 valence electrons. The van der Waals surface area contributed by atoms with Crippen LogP contribution in [0.2, 0.25) is 0 Å². The first-order valence-electron chi connectivity index (χ1n) is 8.87. The van der Waals surface area contributed by atoms with E-state index < -0.39 is 34.3 Å². The van der Waals surface area contributed by atoms with Crippen LogP contribution in [0.15, 0.2) is 70.5 Å². The zero-order valence-electron chi connectivity index (χ0n) is 16.1. The number of benzene rings is 3. The highest BCUT2D eigenvalue weighted by Crippen LogP contribution is 2.33. The Morgan fingerprint density at radius 3 is 2.39 bits per heavy atom. The van der Waals surface area contributed by atoms with Crippen molar-refractivity contribution in [3.8, 4) is 16.9 Å². The molecule has 0 aliphatic heterocycles. The van der Waals surface area contributed by atoms with Gasteiger partial charge in [0.1, 0.15) is 11.6 Å². The van der Waals surface area contributed by atoms with Crippen LogP contribution in [-0.2, 0) is 28.2 Å². The quantitative estimate of drug-likeness (QED) is 0.515. The molecule has 0 aliphatic rings. The number of rotatable bonds is 6. The molecular weight excluding hydrogens is 436 g/mol. The Morgan fingerprint density at radius 2 is 1.77 bits per heavy atom. The second-order valence-electron chi connectivity index (χ2n) is 6.58. The molecule has 0 aromatic heterocycles. The molecule has 0 saturated carbocycles. The maximum atomic E-state index is 14.3. The summed E-state index contributed by atoms with van der Waals surface area (Å²) in [5.41, 5.74) is -0.522. The fourth-order valence-corrected chi connectivity index (χ4v) is 4.16. The van der Waals surface area contributed by atoms with E-state index in [1.807, 2.05) is 0 Å². The van der Waals surface area contributed by atoms with Gasteiger partial charge in [0.15, 0.2) is 0 Å². The lowest BCUT2D eigenvalue weighted by Crippen LogP contribution is -2.05. The van der Waals surface area contributed by atoms with Crippen LogP contribution < -0.4 is 4.74 Å². The van der Waals surface area contributed by atoms with Crippen LogP contribution in [0.5, 0.6) is 5.75 Å². The van der Waals surface area contributed by atoms with E-state index in [1.54, 1.807) is 0 Å². The standard InChI is InChI=1S/C22H16F4O4S/c1-30-16-7-13(9-21(27)28)8-18(12-16)31(29)17-4-2-3-14(10-17)19-6-5-15(11-20(19)23)22(24,25)26/h2-8,10-12H,9H2,1H3,(H,27,28). The lowest BCUT2D eigenvalue weighted by molar-refractivity contribution is -0.138. The summed E-state index contributed by atoms with van der Waals surface area (Å²) in [6, 6.07) is 12.6. The van der Waals surface area contributed by atoms with Crippen molar-refractivity contribution >= 4 is 16.8 Å². The Morgan fingerprint density at radius 1 is 1.03 bits per heavy atom. The van der Waals surface area contributed by atoms with Gasteiger partial charge in [0.05, 0.1) is 29.9 Å². The van der Waals surface area contributed by atoms with Gasteiger partial charge in [-0.3, -0.25) is 4.79 Å². The summed E-state index contributed by atoms with van der Waals surface area (Å²) in [5, 5.41) is 9.01. The van der Waals surface area contributed by atoms with Crippen molar-refractivity contribution in [2.45, 2.75) is 22.4 Å². The Balaban J connectivity index is 1.99. The predicted molar refractivity (Wildman–Crippen MR) is 106 cm³/mol. The van der Waals surface area contributed by atoms with Gasteiger partial charge in [-0.05, 0) is 53.6 Å². The van der Waals surface area contributed by atoms with Crippen LogP contribution >= 0.6 is 0 Å². The minimum absolute atomic E-state index is 0.0657. The largest absolute Gasteiger partial charge is 0.497 e. The van der Waals surface area contributed by atoms with E-state index in [4.69, 9.17) is 9.84 Å². The van der Waals surface area contributed by atoms with E-state index in [1.165, 1.54) is 49.6 Å². The Hall–Kier alpha value is -3.20. The van der Waals surface area contributed by atoms with E-state index in [0.717, 1.165) is 12.1 Å². The lowest BCUT2D eigenvalue weighted by atomic mass is 10.0. The maximum Gasteiger partial charge on any atom is 0.416 e. The second-order valence-corrected chi connectivity index (χ2v) is 8.06. The minimum Gasteiger partial charge on any atom is -0.497 e. The number of methoxy groups -OCH3 is 1. The summed E-state index contributed by atoms with van der Waals surface area (Å²) in [5.74, 6) is -1.79. The van der Waals surface area contributed by atoms with Gasteiger partial charge in [0.25, 0.3) is 0 Å². The van der Waals surface area contributed by atoms with E-state index in [0.29, 0.717) is 17.4 Å². The number of ether oxygens (including phenoxy) is 1. The molecule has 0 bridgehead atoms. The summed E-state index contributed by atoms with van der Waals surface area (Å²) in [7, 11) is -0.379. The van der Waals surface area contributed by atoms with Gasteiger partial charge in [-0.25, -0.2) is 8.60 Å². The molecule has 3 aromatic rings. The molecule has 3 aromatic carbocycles. The third-order valence-corrected chi connectivity index (χ3v) is 5.75. The third-order valence-electron chi connectivity index (χ3n) is 4.40. The average Bonchev–Trinajstić information content (AvgIpc) is 2.71. The number of carboxylic acids is 1. The molecule has 3 rings (SSSR count). The molecule has 31 heavy (non-hydrogen) atoms. The van der Waals surface area contributed by atoms with Crippen LogP contribution in [0.25, 0.3) is 11.1 Å². The highest BCUT2D eigenvalue weighted by Gasteiger charge is 2.31. The fourth-order valence-electron chi connectivity index (χ4n) is 2.97. The second kappa shape index (κ2) is 8.89. The minimum atomic E-state index is -4.66. The summed E-state index contributed by atoms with van der Waals surface area (Å²) < 4.78 is 70.9. The van der Waals surface area contributed by atoms with Crippen LogP contribution in [0.3, 0.4) is 0 Å². The highest BCUT2D eigenvalue weighted by molar-refractivity contribution is 7.85. The fraction of sp³-hybridized carbons (Fsp3) is 0.136. The van der Waals surface area contributed by atoms with Gasteiger partial charge >= 0.3 is 12.1 Å². The monoisotopic (exact) mass is 452 g/mol. The average molecular weight is 452 g/mol. The summed E-state index contributed by atoms with van der Waals surface area (Å²) in [6.07, 6.45) is -4.96. The smallest absolute Gasteiger partial charge is 0.416 e. The molecule has 0 fully saturated rings. The first-order chi connectivity index (χ1) is 14.6. The number of carboxylic acid groups (broad SMARTS) is 1. The number of halogens is 4. The maximum absolute atomic E-state index is 14.3. The Labute approximate surface area is 177 Å². The van der Waals surface area contributed by atoms with Gasteiger partial charge in [0, 0.05) is 15.4 Å².